The Bertz CT molecular complexity index is 292. The van der Waals surface area contributed by atoms with E-state index >= 15 is 0 Å². The molecule has 0 radical (unpaired) electrons. The number of carbonyl (C=O) groups is 1. The minimum absolute atomic E-state index is 0.118. The third-order valence-corrected chi connectivity index (χ3v) is 4.05. The molecule has 2 fully saturated rings. The van der Waals surface area contributed by atoms with E-state index in [0.29, 0.717) is 13.2 Å². The molecule has 2 aliphatic rings. The molecule has 104 valence electrons. The number of nitrogens with zero attached hydrogens (tertiary/aromatic N) is 1. The van der Waals surface area contributed by atoms with E-state index in [2.05, 4.69) is 17.3 Å². The van der Waals surface area contributed by atoms with E-state index in [4.69, 9.17) is 9.47 Å². The van der Waals surface area contributed by atoms with Crippen molar-refractivity contribution in [3.05, 3.63) is 0 Å². The van der Waals surface area contributed by atoms with Gasteiger partial charge in [-0.1, -0.05) is 6.42 Å². The average Bonchev–Trinajstić information content (AvgIpc) is 2.31. The summed E-state index contributed by atoms with van der Waals surface area (Å²) in [5.74, 6) is 0.132. The van der Waals surface area contributed by atoms with E-state index in [1.54, 1.807) is 7.11 Å². The molecule has 1 unspecified atom stereocenters. The highest BCUT2D eigenvalue weighted by molar-refractivity contribution is 5.83. The maximum Gasteiger partial charge on any atom is 0.228 e. The van der Waals surface area contributed by atoms with Crippen LogP contribution in [0.3, 0.4) is 0 Å². The Kier molecular flexibility index (Phi) is 4.59. The van der Waals surface area contributed by atoms with Crippen molar-refractivity contribution in [3.63, 3.8) is 0 Å². The third kappa shape index (κ3) is 3.02. The van der Waals surface area contributed by atoms with Gasteiger partial charge in [-0.15, -0.1) is 0 Å². The van der Waals surface area contributed by atoms with Crippen molar-refractivity contribution in [3.8, 4) is 0 Å². The zero-order valence-corrected chi connectivity index (χ0v) is 11.4. The van der Waals surface area contributed by atoms with Crippen LogP contribution in [0.5, 0.6) is 0 Å². The average molecular weight is 256 g/mol. The van der Waals surface area contributed by atoms with Gasteiger partial charge < -0.3 is 19.7 Å². The summed E-state index contributed by atoms with van der Waals surface area (Å²) in [6.07, 6.45) is 3.13. The Balaban J connectivity index is 1.77. The number of rotatable bonds is 5. The highest BCUT2D eigenvalue weighted by Crippen LogP contribution is 2.41. The predicted molar refractivity (Wildman–Crippen MR) is 68.4 cm³/mol. The van der Waals surface area contributed by atoms with Crippen LogP contribution in [0.25, 0.3) is 0 Å². The number of nitrogens with one attached hydrogen (secondary N) is 1. The van der Waals surface area contributed by atoms with Crippen LogP contribution >= 0.6 is 0 Å². The van der Waals surface area contributed by atoms with Crippen molar-refractivity contribution >= 4 is 5.91 Å². The summed E-state index contributed by atoms with van der Waals surface area (Å²) < 4.78 is 10.8. The van der Waals surface area contributed by atoms with Gasteiger partial charge in [0.15, 0.2) is 0 Å². The summed E-state index contributed by atoms with van der Waals surface area (Å²) in [5.41, 5.74) is -0.269. The van der Waals surface area contributed by atoms with Crippen LogP contribution in [0.15, 0.2) is 0 Å². The molecule has 18 heavy (non-hydrogen) atoms. The van der Waals surface area contributed by atoms with Crippen LogP contribution in [-0.2, 0) is 14.3 Å². The van der Waals surface area contributed by atoms with Crippen LogP contribution < -0.4 is 5.32 Å². The first-order valence-corrected chi connectivity index (χ1v) is 6.74. The molecule has 1 N–H and O–H groups in total. The topological polar surface area (TPSA) is 50.8 Å². The predicted octanol–water partition coefficient (Wildman–Crippen LogP) is 0.250. The molecule has 0 aromatic heterocycles. The van der Waals surface area contributed by atoms with E-state index in [-0.39, 0.29) is 17.4 Å². The number of hydrogen-bond donors (Lipinski definition) is 1. The molecule has 5 heteroatoms. The standard InChI is InChI=1S/C13H24N2O3/c1-15-6-7-18-11(9-15)8-14-12(16)13(10-17-2)4-3-5-13/h11H,3-10H2,1-2H3,(H,14,16). The van der Waals surface area contributed by atoms with E-state index in [9.17, 15) is 4.79 Å². The summed E-state index contributed by atoms with van der Waals surface area (Å²) in [4.78, 5) is 14.4. The van der Waals surface area contributed by atoms with E-state index < -0.39 is 0 Å². The first-order valence-electron chi connectivity index (χ1n) is 6.74. The van der Waals surface area contributed by atoms with Gasteiger partial charge in [0.1, 0.15) is 0 Å². The van der Waals surface area contributed by atoms with Gasteiger partial charge in [0.05, 0.1) is 24.7 Å². The SMILES string of the molecule is COCC1(C(=O)NCC2CN(C)CCO2)CCC1. The number of methoxy groups -OCH3 is 1. The molecule has 1 amide bonds. The van der Waals surface area contributed by atoms with E-state index in [0.717, 1.165) is 39.0 Å². The number of amides is 1. The van der Waals surface area contributed by atoms with Gasteiger partial charge in [-0.05, 0) is 19.9 Å². The van der Waals surface area contributed by atoms with Crippen molar-refractivity contribution in [1.82, 2.24) is 10.2 Å². The van der Waals surface area contributed by atoms with E-state index in [1.165, 1.54) is 0 Å². The Hall–Kier alpha value is -0.650. The van der Waals surface area contributed by atoms with Gasteiger partial charge in [-0.2, -0.15) is 0 Å². The molecule has 1 atom stereocenters. The first-order chi connectivity index (χ1) is 8.66. The molecule has 1 aliphatic carbocycles. The highest BCUT2D eigenvalue weighted by atomic mass is 16.5. The largest absolute Gasteiger partial charge is 0.384 e. The number of hydrogen-bond acceptors (Lipinski definition) is 4. The molecule has 1 saturated carbocycles. The molecular formula is C13H24N2O3. The fourth-order valence-corrected chi connectivity index (χ4v) is 2.70. The summed E-state index contributed by atoms with van der Waals surface area (Å²) in [5, 5.41) is 3.03. The number of carbonyl (C=O) groups excluding carboxylic acids is 1. The second kappa shape index (κ2) is 5.99. The molecule has 2 rings (SSSR count). The number of ether oxygens (including phenoxy) is 2. The van der Waals surface area contributed by atoms with Crippen LogP contribution in [0.4, 0.5) is 0 Å². The summed E-state index contributed by atoms with van der Waals surface area (Å²) >= 11 is 0. The van der Waals surface area contributed by atoms with Crippen molar-refractivity contribution in [1.29, 1.82) is 0 Å². The van der Waals surface area contributed by atoms with Crippen LogP contribution in [0.1, 0.15) is 19.3 Å². The Morgan fingerprint density at radius 2 is 2.33 bits per heavy atom. The molecule has 0 spiro atoms. The van der Waals surface area contributed by atoms with Crippen LogP contribution in [-0.4, -0.2) is 63.9 Å². The normalized spacial score (nSPS) is 27.6. The minimum atomic E-state index is -0.269. The fraction of sp³-hybridized carbons (Fsp3) is 0.923. The van der Waals surface area contributed by atoms with Gasteiger partial charge in [0.25, 0.3) is 0 Å². The lowest BCUT2D eigenvalue weighted by Crippen LogP contribution is -2.52. The summed E-state index contributed by atoms with van der Waals surface area (Å²) in [6.45, 7) is 3.74. The third-order valence-electron chi connectivity index (χ3n) is 4.05. The van der Waals surface area contributed by atoms with Gasteiger partial charge >= 0.3 is 0 Å². The van der Waals surface area contributed by atoms with Crippen LogP contribution in [0, 0.1) is 5.41 Å². The molecule has 1 heterocycles. The molecule has 0 bridgehead atoms. The second-order valence-electron chi connectivity index (χ2n) is 5.53. The Morgan fingerprint density at radius 1 is 1.56 bits per heavy atom. The van der Waals surface area contributed by atoms with Crippen molar-refractivity contribution in [2.45, 2.75) is 25.4 Å². The lowest BCUT2D eigenvalue weighted by Gasteiger charge is -2.40. The van der Waals surface area contributed by atoms with Gasteiger partial charge in [-0.25, -0.2) is 0 Å². The second-order valence-corrected chi connectivity index (χ2v) is 5.53. The first kappa shape index (κ1) is 13.8. The molecule has 1 saturated heterocycles. The molecule has 5 nitrogen and oxygen atoms in total. The van der Waals surface area contributed by atoms with Crippen LogP contribution in [0.2, 0.25) is 0 Å². The lowest BCUT2D eigenvalue weighted by atomic mass is 9.68. The minimum Gasteiger partial charge on any atom is -0.384 e. The Labute approximate surface area is 109 Å². The quantitative estimate of drug-likeness (QED) is 0.766. The highest BCUT2D eigenvalue weighted by Gasteiger charge is 2.44. The van der Waals surface area contributed by atoms with Crippen molar-refractivity contribution < 1.29 is 14.3 Å². The fourth-order valence-electron chi connectivity index (χ4n) is 2.70. The zero-order chi connectivity index (χ0) is 13.0. The van der Waals surface area contributed by atoms with Gasteiger partial charge in [0.2, 0.25) is 5.91 Å². The maximum atomic E-state index is 12.2. The zero-order valence-electron chi connectivity index (χ0n) is 11.4. The summed E-state index contributed by atoms with van der Waals surface area (Å²) in [6, 6.07) is 0. The maximum absolute atomic E-state index is 12.2. The number of likely N-dealkylation sites (N-methyl/N-ethyl adjacent to an activating group) is 1. The Morgan fingerprint density at radius 3 is 2.89 bits per heavy atom. The van der Waals surface area contributed by atoms with Gasteiger partial charge in [-0.3, -0.25) is 4.79 Å². The lowest BCUT2D eigenvalue weighted by molar-refractivity contribution is -0.141. The molecule has 0 aromatic rings. The number of morpholine rings is 1. The molecule has 1 aliphatic heterocycles. The van der Waals surface area contributed by atoms with Crippen molar-refractivity contribution in [2.75, 3.05) is 47.0 Å². The van der Waals surface area contributed by atoms with Crippen molar-refractivity contribution in [2.24, 2.45) is 5.41 Å². The summed E-state index contributed by atoms with van der Waals surface area (Å²) in [7, 11) is 3.74. The monoisotopic (exact) mass is 256 g/mol. The van der Waals surface area contributed by atoms with E-state index in [1.807, 2.05) is 0 Å². The molecule has 0 aromatic carbocycles. The molecular weight excluding hydrogens is 232 g/mol. The van der Waals surface area contributed by atoms with Gasteiger partial charge in [0, 0.05) is 26.7 Å². The smallest absolute Gasteiger partial charge is 0.228 e.